The van der Waals surface area contributed by atoms with Gasteiger partial charge in [0.2, 0.25) is 0 Å². The molecule has 0 saturated carbocycles. The lowest BCUT2D eigenvalue weighted by molar-refractivity contribution is 0.601. The zero-order chi connectivity index (χ0) is 14.8. The van der Waals surface area contributed by atoms with Crippen molar-refractivity contribution >= 4 is 38.8 Å². The Morgan fingerprint density at radius 3 is 2.45 bits per heavy atom. The summed E-state index contributed by atoms with van der Waals surface area (Å²) in [5, 5.41) is 2.98. The van der Waals surface area contributed by atoms with Crippen LogP contribution in [0.15, 0.2) is 41.3 Å². The molecule has 1 heterocycles. The number of nitrogens with zero attached hydrogens (tertiary/aromatic N) is 1. The fraction of sp³-hybridized carbons (Fsp3) is 0.0833. The SMILES string of the molecule is CNc1cc(NS(=O)(=O)c2ccc(N)cc2)cc(Cl)n1. The summed E-state index contributed by atoms with van der Waals surface area (Å²) in [5.41, 5.74) is 6.35. The van der Waals surface area contributed by atoms with E-state index in [9.17, 15) is 8.42 Å². The molecule has 2 aromatic rings. The number of nitrogen functional groups attached to an aromatic ring is 1. The minimum Gasteiger partial charge on any atom is -0.399 e. The van der Waals surface area contributed by atoms with Gasteiger partial charge >= 0.3 is 0 Å². The third-order valence-corrected chi connectivity index (χ3v) is 4.08. The molecule has 0 atom stereocenters. The average molecular weight is 313 g/mol. The highest BCUT2D eigenvalue weighted by atomic mass is 35.5. The van der Waals surface area contributed by atoms with Gasteiger partial charge in [-0.3, -0.25) is 4.72 Å². The molecular formula is C12H13ClN4O2S. The highest BCUT2D eigenvalue weighted by molar-refractivity contribution is 7.92. The predicted octanol–water partition coefficient (Wildman–Crippen LogP) is 2.16. The van der Waals surface area contributed by atoms with Crippen LogP contribution in [0.1, 0.15) is 0 Å². The third-order valence-electron chi connectivity index (χ3n) is 2.49. The number of halogens is 1. The second-order valence-corrected chi connectivity index (χ2v) is 6.06. The molecule has 106 valence electrons. The number of sulfonamides is 1. The van der Waals surface area contributed by atoms with E-state index in [2.05, 4.69) is 15.0 Å². The van der Waals surface area contributed by atoms with Crippen LogP contribution in [0.25, 0.3) is 0 Å². The van der Waals surface area contributed by atoms with Crippen LogP contribution in [-0.4, -0.2) is 20.4 Å². The number of nitrogens with two attached hydrogens (primary N) is 1. The van der Waals surface area contributed by atoms with Gasteiger partial charge in [0.1, 0.15) is 11.0 Å². The van der Waals surface area contributed by atoms with E-state index in [1.807, 2.05) is 0 Å². The molecule has 1 aromatic heterocycles. The van der Waals surface area contributed by atoms with Crippen molar-refractivity contribution in [3.8, 4) is 0 Å². The molecule has 0 amide bonds. The van der Waals surface area contributed by atoms with E-state index in [0.717, 1.165) is 0 Å². The third kappa shape index (κ3) is 3.31. The first-order valence-corrected chi connectivity index (χ1v) is 7.50. The Hall–Kier alpha value is -1.99. The van der Waals surface area contributed by atoms with Crippen LogP contribution in [0.5, 0.6) is 0 Å². The van der Waals surface area contributed by atoms with Crippen molar-refractivity contribution in [2.75, 3.05) is 22.8 Å². The number of pyridine rings is 1. The van der Waals surface area contributed by atoms with Crippen molar-refractivity contribution in [3.63, 3.8) is 0 Å². The second kappa shape index (κ2) is 5.56. The minimum atomic E-state index is -3.69. The lowest BCUT2D eigenvalue weighted by Crippen LogP contribution is -2.13. The maximum atomic E-state index is 12.2. The Balaban J connectivity index is 2.33. The van der Waals surface area contributed by atoms with Crippen LogP contribution in [0, 0.1) is 0 Å². The summed E-state index contributed by atoms with van der Waals surface area (Å²) >= 11 is 5.82. The molecule has 20 heavy (non-hydrogen) atoms. The Morgan fingerprint density at radius 2 is 1.85 bits per heavy atom. The Labute approximate surface area is 122 Å². The van der Waals surface area contributed by atoms with Crippen molar-refractivity contribution in [2.24, 2.45) is 0 Å². The quantitative estimate of drug-likeness (QED) is 0.594. The number of anilines is 3. The van der Waals surface area contributed by atoms with Crippen LogP contribution >= 0.6 is 11.6 Å². The van der Waals surface area contributed by atoms with Gasteiger partial charge in [-0.2, -0.15) is 0 Å². The van der Waals surface area contributed by atoms with Gasteiger partial charge in [0.05, 0.1) is 10.6 Å². The number of hydrogen-bond donors (Lipinski definition) is 3. The van der Waals surface area contributed by atoms with E-state index < -0.39 is 10.0 Å². The summed E-state index contributed by atoms with van der Waals surface area (Å²) in [6.07, 6.45) is 0. The van der Waals surface area contributed by atoms with E-state index in [-0.39, 0.29) is 10.0 Å². The van der Waals surface area contributed by atoms with Crippen molar-refractivity contribution in [1.82, 2.24) is 4.98 Å². The number of benzene rings is 1. The lowest BCUT2D eigenvalue weighted by Gasteiger charge is -2.10. The predicted molar refractivity (Wildman–Crippen MR) is 80.5 cm³/mol. The van der Waals surface area contributed by atoms with Gasteiger partial charge in [-0.25, -0.2) is 13.4 Å². The van der Waals surface area contributed by atoms with Gasteiger partial charge in [-0.05, 0) is 30.3 Å². The minimum absolute atomic E-state index is 0.116. The fourth-order valence-electron chi connectivity index (χ4n) is 1.54. The molecule has 2 rings (SSSR count). The maximum absolute atomic E-state index is 12.2. The van der Waals surface area contributed by atoms with Crippen molar-refractivity contribution < 1.29 is 8.42 Å². The summed E-state index contributed by atoms with van der Waals surface area (Å²) < 4.78 is 26.8. The molecular weight excluding hydrogens is 300 g/mol. The molecule has 8 heteroatoms. The highest BCUT2D eigenvalue weighted by Crippen LogP contribution is 2.22. The smallest absolute Gasteiger partial charge is 0.261 e. The zero-order valence-corrected chi connectivity index (χ0v) is 12.2. The van der Waals surface area contributed by atoms with Gasteiger partial charge in [0.25, 0.3) is 10.0 Å². The van der Waals surface area contributed by atoms with Crippen molar-refractivity contribution in [1.29, 1.82) is 0 Å². The summed E-state index contributed by atoms with van der Waals surface area (Å²) in [6, 6.07) is 8.87. The fourth-order valence-corrected chi connectivity index (χ4v) is 2.79. The van der Waals surface area contributed by atoms with Crippen LogP contribution < -0.4 is 15.8 Å². The summed E-state index contributed by atoms with van der Waals surface area (Å²) in [5.74, 6) is 0.465. The molecule has 0 unspecified atom stereocenters. The molecule has 1 aromatic carbocycles. The second-order valence-electron chi connectivity index (χ2n) is 3.99. The standard InChI is InChI=1S/C12H13ClN4O2S/c1-15-12-7-9(6-11(13)16-12)17-20(18,19)10-4-2-8(14)3-5-10/h2-7H,14H2,1H3,(H2,15,16,17). The van der Waals surface area contributed by atoms with Gasteiger partial charge in [-0.1, -0.05) is 11.6 Å². The van der Waals surface area contributed by atoms with E-state index in [1.165, 1.54) is 30.3 Å². The van der Waals surface area contributed by atoms with Crippen molar-refractivity contribution in [3.05, 3.63) is 41.6 Å². The normalized spacial score (nSPS) is 11.1. The average Bonchev–Trinajstić information content (AvgIpc) is 2.37. The first-order chi connectivity index (χ1) is 9.40. The lowest BCUT2D eigenvalue weighted by atomic mass is 10.3. The molecule has 0 bridgehead atoms. The number of rotatable bonds is 4. The zero-order valence-electron chi connectivity index (χ0n) is 10.6. The molecule has 0 aliphatic heterocycles. The molecule has 0 radical (unpaired) electrons. The van der Waals surface area contributed by atoms with E-state index >= 15 is 0 Å². The Kier molecular flexibility index (Phi) is 4.01. The van der Waals surface area contributed by atoms with Crippen molar-refractivity contribution in [2.45, 2.75) is 4.90 Å². The molecule has 0 spiro atoms. The Bertz CT molecular complexity index is 717. The highest BCUT2D eigenvalue weighted by Gasteiger charge is 2.14. The van der Waals surface area contributed by atoms with Crippen LogP contribution in [0.4, 0.5) is 17.2 Å². The van der Waals surface area contributed by atoms with Gasteiger partial charge in [0.15, 0.2) is 0 Å². The van der Waals surface area contributed by atoms with Gasteiger partial charge < -0.3 is 11.1 Å². The van der Waals surface area contributed by atoms with E-state index in [0.29, 0.717) is 17.2 Å². The molecule has 0 aliphatic carbocycles. The molecule has 4 N–H and O–H groups in total. The summed E-state index contributed by atoms with van der Waals surface area (Å²) in [7, 11) is -2.03. The number of nitrogens with one attached hydrogen (secondary N) is 2. The van der Waals surface area contributed by atoms with Crippen LogP contribution in [0.3, 0.4) is 0 Å². The first kappa shape index (κ1) is 14.4. The topological polar surface area (TPSA) is 97.1 Å². The molecule has 0 saturated heterocycles. The maximum Gasteiger partial charge on any atom is 0.261 e. The van der Waals surface area contributed by atoms with Crippen LogP contribution in [0.2, 0.25) is 5.15 Å². The van der Waals surface area contributed by atoms with Gasteiger partial charge in [0, 0.05) is 18.8 Å². The molecule has 6 nitrogen and oxygen atoms in total. The largest absolute Gasteiger partial charge is 0.399 e. The van der Waals surface area contributed by atoms with Gasteiger partial charge in [-0.15, -0.1) is 0 Å². The number of aromatic nitrogens is 1. The van der Waals surface area contributed by atoms with E-state index in [1.54, 1.807) is 13.1 Å². The van der Waals surface area contributed by atoms with Crippen LogP contribution in [-0.2, 0) is 10.0 Å². The number of hydrogen-bond acceptors (Lipinski definition) is 5. The monoisotopic (exact) mass is 312 g/mol. The Morgan fingerprint density at radius 1 is 1.20 bits per heavy atom. The molecule has 0 aliphatic rings. The summed E-state index contributed by atoms with van der Waals surface area (Å²) in [4.78, 5) is 4.09. The summed E-state index contributed by atoms with van der Waals surface area (Å²) in [6.45, 7) is 0. The first-order valence-electron chi connectivity index (χ1n) is 5.64. The molecule has 0 fully saturated rings. The van der Waals surface area contributed by atoms with E-state index in [4.69, 9.17) is 17.3 Å².